The number of hydrogen-bond acceptors (Lipinski definition) is 2. The van der Waals surface area contributed by atoms with Gasteiger partial charge in [-0.3, -0.25) is 4.98 Å². The molecule has 2 nitrogen and oxygen atoms in total. The maximum atomic E-state index is 6.17. The lowest BCUT2D eigenvalue weighted by atomic mass is 10.1. The Morgan fingerprint density at radius 3 is 2.83 bits per heavy atom. The largest absolute Gasteiger partial charge is 0.382 e. The zero-order valence-electron chi connectivity index (χ0n) is 10.9. The van der Waals surface area contributed by atoms with Crippen LogP contribution in [0.5, 0.6) is 0 Å². The summed E-state index contributed by atoms with van der Waals surface area (Å²) in [6.45, 7) is 4.43. The average Bonchev–Trinajstić information content (AvgIpc) is 2.41. The van der Waals surface area contributed by atoms with Crippen LogP contribution in [-0.4, -0.2) is 11.0 Å². The predicted molar refractivity (Wildman–Crippen MR) is 79.4 cm³/mol. The Hall–Kier alpha value is -1.28. The maximum absolute atomic E-state index is 6.17. The Kier molecular flexibility index (Phi) is 4.43. The highest BCUT2D eigenvalue weighted by Gasteiger charge is 2.09. The molecule has 1 N–H and O–H groups in total. The molecule has 0 saturated heterocycles. The van der Waals surface area contributed by atoms with Gasteiger partial charge in [0.1, 0.15) is 0 Å². The summed E-state index contributed by atoms with van der Waals surface area (Å²) in [6.07, 6.45) is 5.27. The fraction of sp³-hybridized carbons (Fsp3) is 0.400. The van der Waals surface area contributed by atoms with Gasteiger partial charge in [-0.05, 0) is 37.1 Å². The van der Waals surface area contributed by atoms with E-state index in [2.05, 4.69) is 30.2 Å². The minimum Gasteiger partial charge on any atom is -0.382 e. The van der Waals surface area contributed by atoms with Crippen molar-refractivity contribution in [1.82, 2.24) is 4.98 Å². The van der Waals surface area contributed by atoms with Gasteiger partial charge in [0.05, 0.1) is 10.5 Å². The number of nitrogens with zero attached hydrogens (tertiary/aromatic N) is 1. The molecule has 3 heteroatoms. The molecule has 1 aromatic carbocycles. The average molecular weight is 263 g/mol. The van der Waals surface area contributed by atoms with Crippen LogP contribution in [0.1, 0.15) is 33.1 Å². The topological polar surface area (TPSA) is 24.9 Å². The first kappa shape index (κ1) is 13.2. The van der Waals surface area contributed by atoms with Crippen molar-refractivity contribution in [3.8, 4) is 0 Å². The van der Waals surface area contributed by atoms with E-state index in [4.69, 9.17) is 11.6 Å². The van der Waals surface area contributed by atoms with Crippen LogP contribution >= 0.6 is 11.6 Å². The first-order chi connectivity index (χ1) is 8.76. The van der Waals surface area contributed by atoms with Crippen LogP contribution < -0.4 is 5.32 Å². The molecule has 1 atom stereocenters. The minimum absolute atomic E-state index is 0.514. The van der Waals surface area contributed by atoms with Crippen molar-refractivity contribution in [2.45, 2.75) is 39.2 Å². The maximum Gasteiger partial charge on any atom is 0.0908 e. The van der Waals surface area contributed by atoms with Gasteiger partial charge in [0.25, 0.3) is 0 Å². The number of hydrogen-bond donors (Lipinski definition) is 1. The number of fused-ring (bicyclic) bond motifs is 1. The molecule has 1 aromatic heterocycles. The highest BCUT2D eigenvalue weighted by atomic mass is 35.5. The van der Waals surface area contributed by atoms with Gasteiger partial charge in [0.2, 0.25) is 0 Å². The Morgan fingerprint density at radius 2 is 2.11 bits per heavy atom. The Bertz CT molecular complexity index is 525. The molecular weight excluding hydrogens is 244 g/mol. The van der Waals surface area contributed by atoms with E-state index in [1.165, 1.54) is 12.8 Å². The molecular formula is C15H19ClN2. The van der Waals surface area contributed by atoms with Crippen molar-refractivity contribution in [1.29, 1.82) is 0 Å². The third kappa shape index (κ3) is 2.75. The molecule has 96 valence electrons. The second-order valence-corrected chi connectivity index (χ2v) is 4.94. The van der Waals surface area contributed by atoms with E-state index < -0.39 is 0 Å². The zero-order valence-corrected chi connectivity index (χ0v) is 11.7. The van der Waals surface area contributed by atoms with Gasteiger partial charge in [-0.2, -0.15) is 0 Å². The number of halogens is 1. The van der Waals surface area contributed by atoms with Crippen LogP contribution in [0.15, 0.2) is 30.5 Å². The number of pyridine rings is 1. The number of rotatable bonds is 5. The van der Waals surface area contributed by atoms with Gasteiger partial charge < -0.3 is 5.32 Å². The van der Waals surface area contributed by atoms with Gasteiger partial charge >= 0.3 is 0 Å². The Balaban J connectivity index is 2.36. The van der Waals surface area contributed by atoms with Crippen molar-refractivity contribution < 1.29 is 0 Å². The molecule has 0 spiro atoms. The summed E-state index contributed by atoms with van der Waals surface area (Å²) in [5.74, 6) is 0. The molecule has 0 saturated carbocycles. The van der Waals surface area contributed by atoms with E-state index >= 15 is 0 Å². The smallest absolute Gasteiger partial charge is 0.0908 e. The second kappa shape index (κ2) is 6.05. The van der Waals surface area contributed by atoms with Crippen LogP contribution in [0.3, 0.4) is 0 Å². The van der Waals surface area contributed by atoms with E-state index in [1.807, 2.05) is 18.2 Å². The summed E-state index contributed by atoms with van der Waals surface area (Å²) in [4.78, 5) is 4.35. The molecule has 0 amide bonds. The SMILES string of the molecule is CCCC(CC)Nc1ccc(Cl)c2ncccc12. The summed E-state index contributed by atoms with van der Waals surface area (Å²) in [7, 11) is 0. The van der Waals surface area contributed by atoms with Crippen molar-refractivity contribution in [3.05, 3.63) is 35.5 Å². The van der Waals surface area contributed by atoms with Crippen LogP contribution in [-0.2, 0) is 0 Å². The highest BCUT2D eigenvalue weighted by molar-refractivity contribution is 6.35. The van der Waals surface area contributed by atoms with Gasteiger partial charge in [-0.15, -0.1) is 0 Å². The molecule has 0 fully saturated rings. The molecule has 1 unspecified atom stereocenters. The Morgan fingerprint density at radius 1 is 1.28 bits per heavy atom. The predicted octanol–water partition coefficient (Wildman–Crippen LogP) is 4.88. The van der Waals surface area contributed by atoms with Crippen molar-refractivity contribution in [2.24, 2.45) is 0 Å². The summed E-state index contributed by atoms with van der Waals surface area (Å²) < 4.78 is 0. The van der Waals surface area contributed by atoms with Crippen LogP contribution in [0.25, 0.3) is 10.9 Å². The quantitative estimate of drug-likeness (QED) is 0.831. The van der Waals surface area contributed by atoms with Gasteiger partial charge in [-0.1, -0.05) is 31.9 Å². The van der Waals surface area contributed by atoms with Gasteiger partial charge in [0, 0.05) is 23.3 Å². The number of anilines is 1. The highest BCUT2D eigenvalue weighted by Crippen LogP contribution is 2.29. The summed E-state index contributed by atoms with van der Waals surface area (Å²) >= 11 is 6.17. The van der Waals surface area contributed by atoms with Gasteiger partial charge in [0.15, 0.2) is 0 Å². The first-order valence-electron chi connectivity index (χ1n) is 6.56. The molecule has 18 heavy (non-hydrogen) atoms. The molecule has 0 aliphatic carbocycles. The molecule has 0 aliphatic rings. The molecule has 0 radical (unpaired) electrons. The number of aromatic nitrogens is 1. The first-order valence-corrected chi connectivity index (χ1v) is 6.93. The van der Waals surface area contributed by atoms with Crippen LogP contribution in [0.4, 0.5) is 5.69 Å². The molecule has 2 aromatic rings. The lowest BCUT2D eigenvalue weighted by molar-refractivity contribution is 0.623. The summed E-state index contributed by atoms with van der Waals surface area (Å²) in [5, 5.41) is 5.41. The van der Waals surface area contributed by atoms with Crippen molar-refractivity contribution in [3.63, 3.8) is 0 Å². The van der Waals surface area contributed by atoms with E-state index in [9.17, 15) is 0 Å². The molecule has 1 heterocycles. The van der Waals surface area contributed by atoms with E-state index in [0.717, 1.165) is 23.0 Å². The third-order valence-electron chi connectivity index (χ3n) is 3.21. The Labute approximate surface area is 113 Å². The fourth-order valence-corrected chi connectivity index (χ4v) is 2.42. The monoisotopic (exact) mass is 262 g/mol. The summed E-state index contributed by atoms with van der Waals surface area (Å²) in [6, 6.07) is 8.49. The zero-order chi connectivity index (χ0) is 13.0. The molecule has 0 bridgehead atoms. The number of benzene rings is 1. The van der Waals surface area contributed by atoms with Crippen molar-refractivity contribution >= 4 is 28.2 Å². The normalized spacial score (nSPS) is 12.6. The van der Waals surface area contributed by atoms with E-state index in [0.29, 0.717) is 11.1 Å². The molecule has 0 aliphatic heterocycles. The van der Waals surface area contributed by atoms with Gasteiger partial charge in [-0.25, -0.2) is 0 Å². The summed E-state index contributed by atoms with van der Waals surface area (Å²) in [5.41, 5.74) is 2.00. The van der Waals surface area contributed by atoms with Crippen LogP contribution in [0, 0.1) is 0 Å². The molecule has 2 rings (SSSR count). The number of nitrogens with one attached hydrogen (secondary N) is 1. The standard InChI is InChI=1S/C15H19ClN2/c1-3-6-11(4-2)18-14-9-8-13(16)15-12(14)7-5-10-17-15/h5,7-11,18H,3-4,6H2,1-2H3. The van der Waals surface area contributed by atoms with Crippen molar-refractivity contribution in [2.75, 3.05) is 5.32 Å². The lowest BCUT2D eigenvalue weighted by Gasteiger charge is -2.19. The van der Waals surface area contributed by atoms with E-state index in [1.54, 1.807) is 6.20 Å². The lowest BCUT2D eigenvalue weighted by Crippen LogP contribution is -2.18. The van der Waals surface area contributed by atoms with Crippen LogP contribution in [0.2, 0.25) is 5.02 Å². The van der Waals surface area contributed by atoms with E-state index in [-0.39, 0.29) is 0 Å². The fourth-order valence-electron chi connectivity index (χ4n) is 2.21. The second-order valence-electron chi connectivity index (χ2n) is 4.53. The minimum atomic E-state index is 0.514. The third-order valence-corrected chi connectivity index (χ3v) is 3.51.